The van der Waals surface area contributed by atoms with Gasteiger partial charge in [-0.05, 0) is 32.0 Å². The lowest BCUT2D eigenvalue weighted by Gasteiger charge is -2.35. The average molecular weight is 197 g/mol. The molecule has 1 saturated carbocycles. The third-order valence-corrected chi connectivity index (χ3v) is 7.77. The molecule has 0 aromatic rings. The van der Waals surface area contributed by atoms with Crippen LogP contribution in [0, 0.1) is 0 Å². The van der Waals surface area contributed by atoms with E-state index >= 15 is 0 Å². The first-order valence-corrected chi connectivity index (χ1v) is 8.25. The summed E-state index contributed by atoms with van der Waals surface area (Å²) in [5.41, 5.74) is 0. The standard InChI is InChI=1S/C11H23NSi/c1-12(13-9-5-6-10-13)11-7-3-2-4-8-11/h11,13H,2-10H2,1H3. The van der Waals surface area contributed by atoms with E-state index in [-0.39, 0.29) is 0 Å². The van der Waals surface area contributed by atoms with Crippen LogP contribution in [0.2, 0.25) is 12.1 Å². The van der Waals surface area contributed by atoms with Crippen LogP contribution >= 0.6 is 0 Å². The van der Waals surface area contributed by atoms with Crippen molar-refractivity contribution in [3.05, 3.63) is 0 Å². The first-order valence-electron chi connectivity index (χ1n) is 6.10. The minimum atomic E-state index is -0.415. The van der Waals surface area contributed by atoms with Gasteiger partial charge in [0.25, 0.3) is 0 Å². The quantitative estimate of drug-likeness (QED) is 0.615. The number of hydrogen-bond donors (Lipinski definition) is 0. The number of rotatable bonds is 2. The van der Waals surface area contributed by atoms with Crippen LogP contribution in [0.15, 0.2) is 0 Å². The van der Waals surface area contributed by atoms with Gasteiger partial charge in [-0.2, -0.15) is 0 Å². The molecule has 1 saturated heterocycles. The average Bonchev–Trinajstić information content (AvgIpc) is 2.71. The monoisotopic (exact) mass is 197 g/mol. The maximum atomic E-state index is 2.84. The largest absolute Gasteiger partial charge is 0.326 e. The van der Waals surface area contributed by atoms with Crippen molar-refractivity contribution in [2.45, 2.75) is 63.1 Å². The predicted octanol–water partition coefficient (Wildman–Crippen LogP) is 2.77. The van der Waals surface area contributed by atoms with Gasteiger partial charge in [0.2, 0.25) is 0 Å². The lowest BCUT2D eigenvalue weighted by molar-refractivity contribution is 0.285. The van der Waals surface area contributed by atoms with Crippen molar-refractivity contribution >= 4 is 8.96 Å². The molecule has 1 heterocycles. The van der Waals surface area contributed by atoms with Crippen molar-refractivity contribution in [3.8, 4) is 0 Å². The summed E-state index contributed by atoms with van der Waals surface area (Å²) in [6.07, 6.45) is 10.6. The van der Waals surface area contributed by atoms with Crippen LogP contribution in [-0.2, 0) is 0 Å². The van der Waals surface area contributed by atoms with E-state index < -0.39 is 8.96 Å². The molecule has 13 heavy (non-hydrogen) atoms. The van der Waals surface area contributed by atoms with E-state index in [0.29, 0.717) is 0 Å². The van der Waals surface area contributed by atoms with Gasteiger partial charge in [0, 0.05) is 6.04 Å². The maximum Gasteiger partial charge on any atom is 0.111 e. The van der Waals surface area contributed by atoms with Gasteiger partial charge in [0.05, 0.1) is 0 Å². The summed E-state index contributed by atoms with van der Waals surface area (Å²) in [5.74, 6) is 0. The second-order valence-electron chi connectivity index (χ2n) is 4.90. The molecule has 0 N–H and O–H groups in total. The molecular weight excluding hydrogens is 174 g/mol. The third-order valence-electron chi connectivity index (χ3n) is 4.05. The van der Waals surface area contributed by atoms with Crippen molar-refractivity contribution in [2.75, 3.05) is 7.05 Å². The Labute approximate surface area is 84.2 Å². The highest BCUT2D eigenvalue weighted by molar-refractivity contribution is 6.56. The summed E-state index contributed by atoms with van der Waals surface area (Å²) < 4.78 is 2.84. The van der Waals surface area contributed by atoms with E-state index in [9.17, 15) is 0 Å². The molecular formula is C11H23NSi. The van der Waals surface area contributed by atoms with Crippen LogP contribution < -0.4 is 0 Å². The molecule has 2 aliphatic rings. The van der Waals surface area contributed by atoms with Gasteiger partial charge < -0.3 is 4.57 Å². The molecule has 1 nitrogen and oxygen atoms in total. The Morgan fingerprint density at radius 3 is 2.15 bits per heavy atom. The zero-order chi connectivity index (χ0) is 9.10. The minimum absolute atomic E-state index is 0.415. The topological polar surface area (TPSA) is 3.24 Å². The molecule has 0 aromatic heterocycles. The fourth-order valence-electron chi connectivity index (χ4n) is 3.10. The summed E-state index contributed by atoms with van der Waals surface area (Å²) in [7, 11) is 2.01. The Morgan fingerprint density at radius 2 is 1.54 bits per heavy atom. The molecule has 0 aromatic carbocycles. The molecule has 1 aliphatic carbocycles. The van der Waals surface area contributed by atoms with Crippen LogP contribution in [0.3, 0.4) is 0 Å². The number of hydrogen-bond acceptors (Lipinski definition) is 1. The number of nitrogens with zero attached hydrogens (tertiary/aromatic N) is 1. The lowest BCUT2D eigenvalue weighted by Crippen LogP contribution is -2.42. The van der Waals surface area contributed by atoms with Gasteiger partial charge in [-0.1, -0.05) is 32.1 Å². The summed E-state index contributed by atoms with van der Waals surface area (Å²) in [5, 5.41) is 0. The van der Waals surface area contributed by atoms with Crippen molar-refractivity contribution in [2.24, 2.45) is 0 Å². The summed E-state index contributed by atoms with van der Waals surface area (Å²) in [6, 6.07) is 4.20. The molecule has 1 aliphatic heterocycles. The maximum absolute atomic E-state index is 2.84. The van der Waals surface area contributed by atoms with Gasteiger partial charge in [-0.15, -0.1) is 0 Å². The molecule has 0 atom stereocenters. The molecule has 0 radical (unpaired) electrons. The smallest absolute Gasteiger partial charge is 0.111 e. The van der Waals surface area contributed by atoms with E-state index in [2.05, 4.69) is 11.6 Å². The molecule has 0 unspecified atom stereocenters. The first-order chi connectivity index (χ1) is 6.38. The van der Waals surface area contributed by atoms with E-state index in [0.717, 1.165) is 6.04 Å². The molecule has 76 valence electrons. The van der Waals surface area contributed by atoms with E-state index in [4.69, 9.17) is 0 Å². The van der Waals surface area contributed by atoms with E-state index in [1.54, 1.807) is 12.1 Å². The Kier molecular flexibility index (Phi) is 3.44. The Bertz CT molecular complexity index is 148. The fourth-order valence-corrected chi connectivity index (χ4v) is 6.62. The van der Waals surface area contributed by atoms with Gasteiger partial charge in [-0.3, -0.25) is 0 Å². The van der Waals surface area contributed by atoms with E-state index in [1.807, 2.05) is 0 Å². The Morgan fingerprint density at radius 1 is 0.923 bits per heavy atom. The SMILES string of the molecule is CN(C1CCCCC1)[SiH]1CCCC1. The predicted molar refractivity (Wildman–Crippen MR) is 60.6 cm³/mol. The molecule has 2 fully saturated rings. The van der Waals surface area contributed by atoms with Crippen LogP contribution in [-0.4, -0.2) is 26.6 Å². The molecule has 0 spiro atoms. The first kappa shape index (κ1) is 9.72. The highest BCUT2D eigenvalue weighted by Gasteiger charge is 2.27. The van der Waals surface area contributed by atoms with Crippen molar-refractivity contribution in [1.29, 1.82) is 0 Å². The van der Waals surface area contributed by atoms with Crippen molar-refractivity contribution in [1.82, 2.24) is 4.57 Å². The molecule has 2 rings (SSSR count). The van der Waals surface area contributed by atoms with Crippen LogP contribution in [0.4, 0.5) is 0 Å². The summed E-state index contributed by atoms with van der Waals surface area (Å²) in [4.78, 5) is 0. The normalized spacial score (nSPS) is 27.2. The molecule has 0 bridgehead atoms. The van der Waals surface area contributed by atoms with Crippen LogP contribution in [0.25, 0.3) is 0 Å². The van der Waals surface area contributed by atoms with Gasteiger partial charge >= 0.3 is 0 Å². The van der Waals surface area contributed by atoms with Crippen LogP contribution in [0.1, 0.15) is 44.9 Å². The fraction of sp³-hybridized carbons (Fsp3) is 1.00. The van der Waals surface area contributed by atoms with Crippen molar-refractivity contribution < 1.29 is 0 Å². The minimum Gasteiger partial charge on any atom is -0.326 e. The third kappa shape index (κ3) is 2.35. The van der Waals surface area contributed by atoms with Crippen molar-refractivity contribution in [3.63, 3.8) is 0 Å². The summed E-state index contributed by atoms with van der Waals surface area (Å²) in [6.45, 7) is 0. The zero-order valence-electron chi connectivity index (χ0n) is 8.97. The van der Waals surface area contributed by atoms with Crippen LogP contribution in [0.5, 0.6) is 0 Å². The van der Waals surface area contributed by atoms with Gasteiger partial charge in [0.15, 0.2) is 0 Å². The molecule has 2 heteroatoms. The molecule has 0 amide bonds. The summed E-state index contributed by atoms with van der Waals surface area (Å²) >= 11 is 0. The highest BCUT2D eigenvalue weighted by atomic mass is 28.3. The second kappa shape index (κ2) is 4.60. The lowest BCUT2D eigenvalue weighted by atomic mass is 9.96. The Hall–Kier alpha value is 0.177. The van der Waals surface area contributed by atoms with Gasteiger partial charge in [-0.25, -0.2) is 0 Å². The zero-order valence-corrected chi connectivity index (χ0v) is 10.1. The Balaban J connectivity index is 1.83. The van der Waals surface area contributed by atoms with Gasteiger partial charge in [0.1, 0.15) is 8.96 Å². The second-order valence-corrected chi connectivity index (χ2v) is 8.17. The van der Waals surface area contributed by atoms with E-state index in [1.165, 1.54) is 44.9 Å². The highest BCUT2D eigenvalue weighted by Crippen LogP contribution is 2.28.